The van der Waals surface area contributed by atoms with Gasteiger partial charge in [-0.1, -0.05) is 19.9 Å². The van der Waals surface area contributed by atoms with E-state index in [-0.39, 0.29) is 0 Å². The molecule has 72 valence electrons. The summed E-state index contributed by atoms with van der Waals surface area (Å²) in [5.74, 6) is 0.637. The van der Waals surface area contributed by atoms with Gasteiger partial charge in [-0.15, -0.1) is 6.58 Å². The van der Waals surface area contributed by atoms with Crippen LogP contribution < -0.4 is 5.32 Å². The van der Waals surface area contributed by atoms with Gasteiger partial charge in [0.15, 0.2) is 0 Å². The summed E-state index contributed by atoms with van der Waals surface area (Å²) in [5, 5.41) is 3.26. The van der Waals surface area contributed by atoms with Gasteiger partial charge in [0.1, 0.15) is 0 Å². The van der Waals surface area contributed by atoms with Crippen molar-refractivity contribution in [1.29, 1.82) is 0 Å². The fourth-order valence-corrected chi connectivity index (χ4v) is 0.792. The molecule has 0 aromatic heterocycles. The Bertz CT molecular complexity index is 102. The minimum atomic E-state index is 0.637. The van der Waals surface area contributed by atoms with E-state index in [9.17, 15) is 0 Å². The molecule has 0 fully saturated rings. The lowest BCUT2D eigenvalue weighted by Gasteiger charge is -2.06. The molecule has 2 heteroatoms. The zero-order valence-electron chi connectivity index (χ0n) is 8.31. The quantitative estimate of drug-likeness (QED) is 0.444. The average Bonchev–Trinajstić information content (AvgIpc) is 2.02. The third-order valence-electron chi connectivity index (χ3n) is 1.40. The first kappa shape index (κ1) is 11.7. The summed E-state index contributed by atoms with van der Waals surface area (Å²) < 4.78 is 5.39. The van der Waals surface area contributed by atoms with Gasteiger partial charge in [-0.05, 0) is 18.9 Å². The van der Waals surface area contributed by atoms with Crippen LogP contribution in [0.25, 0.3) is 0 Å². The van der Waals surface area contributed by atoms with Crippen molar-refractivity contribution in [2.45, 2.75) is 20.3 Å². The molecule has 0 saturated heterocycles. The van der Waals surface area contributed by atoms with Gasteiger partial charge >= 0.3 is 0 Å². The lowest BCUT2D eigenvalue weighted by atomic mass is 10.2. The number of hydrogen-bond donors (Lipinski definition) is 1. The minimum absolute atomic E-state index is 0.637. The van der Waals surface area contributed by atoms with Crippen molar-refractivity contribution in [1.82, 2.24) is 5.32 Å². The Balaban J connectivity index is 2.86. The molecule has 0 unspecified atom stereocenters. The number of rotatable bonds is 8. The summed E-state index contributed by atoms with van der Waals surface area (Å²) in [6, 6.07) is 0. The maximum atomic E-state index is 5.39. The van der Waals surface area contributed by atoms with Gasteiger partial charge in [-0.2, -0.15) is 0 Å². The topological polar surface area (TPSA) is 21.3 Å². The predicted octanol–water partition coefficient (Wildman–Crippen LogP) is 1.82. The van der Waals surface area contributed by atoms with Crippen LogP contribution in [0.2, 0.25) is 0 Å². The van der Waals surface area contributed by atoms with Crippen LogP contribution in [0.5, 0.6) is 0 Å². The van der Waals surface area contributed by atoms with Gasteiger partial charge < -0.3 is 10.1 Å². The van der Waals surface area contributed by atoms with Crippen LogP contribution in [0, 0.1) is 5.92 Å². The third-order valence-corrected chi connectivity index (χ3v) is 1.40. The summed E-state index contributed by atoms with van der Waals surface area (Å²) in [6.45, 7) is 11.6. The summed E-state index contributed by atoms with van der Waals surface area (Å²) in [4.78, 5) is 0. The van der Waals surface area contributed by atoms with Crippen LogP contribution in [0.15, 0.2) is 12.7 Å². The molecule has 0 aromatic rings. The number of hydrogen-bond acceptors (Lipinski definition) is 2. The Labute approximate surface area is 76.0 Å². The number of nitrogens with one attached hydrogen (secondary N) is 1. The Kier molecular flexibility index (Phi) is 8.51. The largest absolute Gasteiger partial charge is 0.380 e. The van der Waals surface area contributed by atoms with Crippen LogP contribution in [0.1, 0.15) is 20.3 Å². The second-order valence-corrected chi connectivity index (χ2v) is 3.30. The van der Waals surface area contributed by atoms with Gasteiger partial charge in [-0.3, -0.25) is 0 Å². The maximum absolute atomic E-state index is 5.39. The molecular weight excluding hydrogens is 150 g/mol. The second-order valence-electron chi connectivity index (χ2n) is 3.30. The molecule has 0 atom stereocenters. The normalized spacial score (nSPS) is 10.6. The molecule has 0 radical (unpaired) electrons. The Hall–Kier alpha value is -0.340. The maximum Gasteiger partial charge on any atom is 0.0591 e. The van der Waals surface area contributed by atoms with Gasteiger partial charge in [-0.25, -0.2) is 0 Å². The molecule has 0 rings (SSSR count). The smallest absolute Gasteiger partial charge is 0.0591 e. The van der Waals surface area contributed by atoms with E-state index in [0.29, 0.717) is 5.92 Å². The lowest BCUT2D eigenvalue weighted by molar-refractivity contribution is 0.112. The highest BCUT2D eigenvalue weighted by molar-refractivity contribution is 4.67. The Morgan fingerprint density at radius 2 is 2.17 bits per heavy atom. The second kappa shape index (κ2) is 8.75. The van der Waals surface area contributed by atoms with Crippen molar-refractivity contribution in [2.24, 2.45) is 5.92 Å². The molecule has 12 heavy (non-hydrogen) atoms. The van der Waals surface area contributed by atoms with Crippen LogP contribution in [0.4, 0.5) is 0 Å². The highest BCUT2D eigenvalue weighted by Crippen LogP contribution is 1.90. The Morgan fingerprint density at radius 1 is 1.42 bits per heavy atom. The van der Waals surface area contributed by atoms with Gasteiger partial charge in [0.25, 0.3) is 0 Å². The highest BCUT2D eigenvalue weighted by Gasteiger charge is 1.92. The molecule has 0 spiro atoms. The molecule has 0 heterocycles. The van der Waals surface area contributed by atoms with Crippen molar-refractivity contribution < 1.29 is 4.74 Å². The van der Waals surface area contributed by atoms with E-state index >= 15 is 0 Å². The van der Waals surface area contributed by atoms with Gasteiger partial charge in [0.05, 0.1) is 6.61 Å². The van der Waals surface area contributed by atoms with E-state index in [1.165, 1.54) is 0 Å². The monoisotopic (exact) mass is 171 g/mol. The van der Waals surface area contributed by atoms with Crippen LogP contribution >= 0.6 is 0 Å². The molecule has 0 aliphatic carbocycles. The van der Waals surface area contributed by atoms with E-state index in [1.807, 2.05) is 6.08 Å². The first-order valence-corrected chi connectivity index (χ1v) is 4.66. The fraction of sp³-hybridized carbons (Fsp3) is 0.800. The lowest BCUT2D eigenvalue weighted by Crippen LogP contribution is -2.21. The van der Waals surface area contributed by atoms with Crippen LogP contribution in [-0.2, 0) is 4.74 Å². The first-order valence-electron chi connectivity index (χ1n) is 4.66. The van der Waals surface area contributed by atoms with Gasteiger partial charge in [0, 0.05) is 13.2 Å². The summed E-state index contributed by atoms with van der Waals surface area (Å²) in [7, 11) is 0. The molecule has 0 aromatic carbocycles. The minimum Gasteiger partial charge on any atom is -0.380 e. The van der Waals surface area contributed by atoms with E-state index in [1.54, 1.807) is 0 Å². The zero-order valence-corrected chi connectivity index (χ0v) is 8.31. The molecular formula is C10H21NO. The van der Waals surface area contributed by atoms with Crippen LogP contribution in [-0.4, -0.2) is 26.3 Å². The highest BCUT2D eigenvalue weighted by atomic mass is 16.5. The van der Waals surface area contributed by atoms with E-state index < -0.39 is 0 Å². The predicted molar refractivity (Wildman–Crippen MR) is 53.3 cm³/mol. The van der Waals surface area contributed by atoms with Crippen molar-refractivity contribution >= 4 is 0 Å². The SMILES string of the molecule is C=CCCNCCOCC(C)C. The number of ether oxygens (including phenoxy) is 1. The fourth-order valence-electron chi connectivity index (χ4n) is 0.792. The molecule has 1 N–H and O–H groups in total. The van der Waals surface area contributed by atoms with Crippen molar-refractivity contribution in [3.05, 3.63) is 12.7 Å². The molecule has 0 aliphatic heterocycles. The average molecular weight is 171 g/mol. The Morgan fingerprint density at radius 3 is 2.75 bits per heavy atom. The van der Waals surface area contributed by atoms with E-state index in [2.05, 4.69) is 25.7 Å². The zero-order chi connectivity index (χ0) is 9.23. The summed E-state index contributed by atoms with van der Waals surface area (Å²) >= 11 is 0. The van der Waals surface area contributed by atoms with E-state index in [4.69, 9.17) is 4.74 Å². The first-order chi connectivity index (χ1) is 5.77. The molecule has 0 saturated carbocycles. The van der Waals surface area contributed by atoms with E-state index in [0.717, 1.165) is 32.7 Å². The van der Waals surface area contributed by atoms with Crippen molar-refractivity contribution in [2.75, 3.05) is 26.3 Å². The molecule has 0 aliphatic rings. The summed E-state index contributed by atoms with van der Waals surface area (Å²) in [5.41, 5.74) is 0. The van der Waals surface area contributed by atoms with Crippen molar-refractivity contribution in [3.63, 3.8) is 0 Å². The van der Waals surface area contributed by atoms with Gasteiger partial charge in [0.2, 0.25) is 0 Å². The summed E-state index contributed by atoms with van der Waals surface area (Å²) in [6.07, 6.45) is 2.95. The molecule has 2 nitrogen and oxygen atoms in total. The molecule has 0 bridgehead atoms. The standard InChI is InChI=1S/C10H21NO/c1-4-5-6-11-7-8-12-9-10(2)3/h4,10-11H,1,5-9H2,2-3H3. The third kappa shape index (κ3) is 9.66. The van der Waals surface area contributed by atoms with Crippen LogP contribution in [0.3, 0.4) is 0 Å². The van der Waals surface area contributed by atoms with Crippen molar-refractivity contribution in [3.8, 4) is 0 Å². The molecule has 0 amide bonds.